The smallest absolute Gasteiger partial charge is 0.257 e. The van der Waals surface area contributed by atoms with E-state index in [0.717, 1.165) is 19.3 Å². The summed E-state index contributed by atoms with van der Waals surface area (Å²) in [4.78, 5) is 11.8. The van der Waals surface area contributed by atoms with Gasteiger partial charge < -0.3 is 10.1 Å². The van der Waals surface area contributed by atoms with Crippen LogP contribution in [-0.4, -0.2) is 34.0 Å². The van der Waals surface area contributed by atoms with Gasteiger partial charge in [0, 0.05) is 13.1 Å². The number of sulfonamides is 1. The van der Waals surface area contributed by atoms with E-state index in [1.807, 2.05) is 6.92 Å². The van der Waals surface area contributed by atoms with E-state index in [4.69, 9.17) is 4.74 Å². The lowest BCUT2D eigenvalue weighted by molar-refractivity contribution is -0.123. The zero-order valence-corrected chi connectivity index (χ0v) is 14.8. The Kier molecular flexibility index (Phi) is 8.05. The van der Waals surface area contributed by atoms with Crippen molar-refractivity contribution in [2.45, 2.75) is 44.9 Å². The third-order valence-electron chi connectivity index (χ3n) is 3.21. The number of amides is 1. The van der Waals surface area contributed by atoms with Gasteiger partial charge in [-0.1, -0.05) is 20.3 Å². The molecule has 0 saturated carbocycles. The number of hydrogen-bond acceptors (Lipinski definition) is 4. The molecule has 0 atom stereocenters. The molecule has 130 valence electrons. The number of unbranched alkanes of at least 4 members (excludes halogenated alkanes) is 1. The largest absolute Gasteiger partial charge is 0.484 e. The second-order valence-electron chi connectivity index (χ2n) is 5.32. The van der Waals surface area contributed by atoms with E-state index in [2.05, 4.69) is 17.0 Å². The van der Waals surface area contributed by atoms with Gasteiger partial charge in [0.2, 0.25) is 10.0 Å². The van der Waals surface area contributed by atoms with Crippen LogP contribution < -0.4 is 14.8 Å². The monoisotopic (exact) mass is 342 g/mol. The second-order valence-corrected chi connectivity index (χ2v) is 7.08. The van der Waals surface area contributed by atoms with Crippen molar-refractivity contribution in [2.24, 2.45) is 0 Å². The summed E-state index contributed by atoms with van der Waals surface area (Å²) in [5.74, 6) is 0.323. The van der Waals surface area contributed by atoms with Gasteiger partial charge in [0.05, 0.1) is 4.90 Å². The second kappa shape index (κ2) is 9.52. The van der Waals surface area contributed by atoms with Crippen molar-refractivity contribution >= 4 is 15.9 Å². The van der Waals surface area contributed by atoms with Gasteiger partial charge in [-0.15, -0.1) is 0 Å². The van der Waals surface area contributed by atoms with E-state index < -0.39 is 10.0 Å². The molecule has 0 aliphatic heterocycles. The van der Waals surface area contributed by atoms with Crippen molar-refractivity contribution in [3.8, 4) is 5.75 Å². The number of carbonyl (C=O) groups excluding carboxylic acids is 1. The molecule has 1 aromatic rings. The molecule has 2 N–H and O–H groups in total. The molecule has 7 heteroatoms. The Hall–Kier alpha value is -1.60. The Balaban J connectivity index is 2.64. The van der Waals surface area contributed by atoms with Crippen LogP contribution in [0.1, 0.15) is 38.7 Å². The SMILES string of the molecule is CCCCNC(=O)COc1ccc(S(=O)(=O)NCCC)cc1C. The highest BCUT2D eigenvalue weighted by Crippen LogP contribution is 2.21. The number of benzene rings is 1. The molecule has 0 radical (unpaired) electrons. The third kappa shape index (κ3) is 6.58. The van der Waals surface area contributed by atoms with Crippen LogP contribution in [0.4, 0.5) is 0 Å². The van der Waals surface area contributed by atoms with Crippen LogP contribution in [0.25, 0.3) is 0 Å². The van der Waals surface area contributed by atoms with E-state index in [1.54, 1.807) is 19.1 Å². The van der Waals surface area contributed by atoms with Crippen LogP contribution in [0.15, 0.2) is 23.1 Å². The number of rotatable bonds is 10. The molecule has 0 heterocycles. The van der Waals surface area contributed by atoms with Crippen molar-refractivity contribution in [3.05, 3.63) is 23.8 Å². The first kappa shape index (κ1) is 19.4. The Morgan fingerprint density at radius 2 is 1.91 bits per heavy atom. The van der Waals surface area contributed by atoms with Gasteiger partial charge in [0.15, 0.2) is 6.61 Å². The van der Waals surface area contributed by atoms with Gasteiger partial charge in [-0.25, -0.2) is 13.1 Å². The molecule has 1 rings (SSSR count). The molecule has 1 amide bonds. The highest BCUT2D eigenvalue weighted by atomic mass is 32.2. The fourth-order valence-corrected chi connectivity index (χ4v) is 3.09. The molecule has 0 bridgehead atoms. The minimum atomic E-state index is -3.49. The average molecular weight is 342 g/mol. The molecule has 0 unspecified atom stereocenters. The molecule has 0 aromatic heterocycles. The van der Waals surface area contributed by atoms with Gasteiger partial charge in [-0.2, -0.15) is 0 Å². The Morgan fingerprint density at radius 1 is 1.17 bits per heavy atom. The van der Waals surface area contributed by atoms with Crippen LogP contribution in [-0.2, 0) is 14.8 Å². The summed E-state index contributed by atoms with van der Waals surface area (Å²) in [6.07, 6.45) is 2.68. The molecule has 0 aliphatic carbocycles. The summed E-state index contributed by atoms with van der Waals surface area (Å²) in [6, 6.07) is 4.60. The van der Waals surface area contributed by atoms with Crippen LogP contribution >= 0.6 is 0 Å². The summed E-state index contributed by atoms with van der Waals surface area (Å²) >= 11 is 0. The number of ether oxygens (including phenoxy) is 1. The molecule has 6 nitrogen and oxygen atoms in total. The van der Waals surface area contributed by atoms with Gasteiger partial charge in [0.25, 0.3) is 5.91 Å². The molecule has 23 heavy (non-hydrogen) atoms. The van der Waals surface area contributed by atoms with Gasteiger partial charge in [-0.3, -0.25) is 4.79 Å². The van der Waals surface area contributed by atoms with Gasteiger partial charge in [-0.05, 0) is 43.5 Å². The molecule has 0 saturated heterocycles. The molecule has 1 aromatic carbocycles. The lowest BCUT2D eigenvalue weighted by Crippen LogP contribution is -2.29. The van der Waals surface area contributed by atoms with E-state index in [9.17, 15) is 13.2 Å². The molecular weight excluding hydrogens is 316 g/mol. The highest BCUT2D eigenvalue weighted by molar-refractivity contribution is 7.89. The van der Waals surface area contributed by atoms with Gasteiger partial charge >= 0.3 is 0 Å². The minimum Gasteiger partial charge on any atom is -0.484 e. The summed E-state index contributed by atoms with van der Waals surface area (Å²) in [5, 5.41) is 2.76. The van der Waals surface area contributed by atoms with Crippen molar-refractivity contribution in [1.29, 1.82) is 0 Å². The first-order chi connectivity index (χ1) is 10.9. The van der Waals surface area contributed by atoms with Crippen molar-refractivity contribution < 1.29 is 17.9 Å². The number of hydrogen-bond donors (Lipinski definition) is 2. The van der Waals surface area contributed by atoms with E-state index in [1.165, 1.54) is 6.07 Å². The lowest BCUT2D eigenvalue weighted by atomic mass is 10.2. The summed E-state index contributed by atoms with van der Waals surface area (Å²) < 4.78 is 32.1. The Labute approximate surface area is 138 Å². The standard InChI is InChI=1S/C16H26N2O4S/c1-4-6-10-17-16(19)12-22-15-8-7-14(11-13(15)3)23(20,21)18-9-5-2/h7-8,11,18H,4-6,9-10,12H2,1-3H3,(H,17,19). The van der Waals surface area contributed by atoms with Crippen molar-refractivity contribution in [3.63, 3.8) is 0 Å². The molecule has 0 fully saturated rings. The fourth-order valence-electron chi connectivity index (χ4n) is 1.87. The predicted octanol–water partition coefficient (Wildman–Crippen LogP) is 1.98. The summed E-state index contributed by atoms with van der Waals surface area (Å²) in [7, 11) is -3.49. The maximum atomic E-state index is 12.1. The van der Waals surface area contributed by atoms with E-state index >= 15 is 0 Å². The quantitative estimate of drug-likeness (QED) is 0.637. The van der Waals surface area contributed by atoms with Crippen molar-refractivity contribution in [1.82, 2.24) is 10.0 Å². The van der Waals surface area contributed by atoms with Crippen molar-refractivity contribution in [2.75, 3.05) is 19.7 Å². The zero-order valence-electron chi connectivity index (χ0n) is 14.0. The van der Waals surface area contributed by atoms with Crippen LogP contribution in [0, 0.1) is 6.92 Å². The molecule has 0 spiro atoms. The van der Waals surface area contributed by atoms with E-state index in [-0.39, 0.29) is 17.4 Å². The van der Waals surface area contributed by atoms with E-state index in [0.29, 0.717) is 24.4 Å². The van der Waals surface area contributed by atoms with Gasteiger partial charge in [0.1, 0.15) is 5.75 Å². The number of carbonyl (C=O) groups is 1. The summed E-state index contributed by atoms with van der Waals surface area (Å²) in [6.45, 7) is 6.66. The average Bonchev–Trinajstić information content (AvgIpc) is 2.52. The summed E-state index contributed by atoms with van der Waals surface area (Å²) in [5.41, 5.74) is 0.672. The van der Waals surface area contributed by atoms with Crippen LogP contribution in [0.3, 0.4) is 0 Å². The highest BCUT2D eigenvalue weighted by Gasteiger charge is 2.15. The first-order valence-corrected chi connectivity index (χ1v) is 9.38. The number of nitrogens with one attached hydrogen (secondary N) is 2. The van der Waals surface area contributed by atoms with Crippen LogP contribution in [0.2, 0.25) is 0 Å². The predicted molar refractivity (Wildman–Crippen MR) is 90.1 cm³/mol. The maximum absolute atomic E-state index is 12.1. The zero-order chi connectivity index (χ0) is 17.3. The Morgan fingerprint density at radius 3 is 2.52 bits per heavy atom. The third-order valence-corrected chi connectivity index (χ3v) is 4.67. The Bertz CT molecular complexity index is 615. The molecule has 0 aliphatic rings. The lowest BCUT2D eigenvalue weighted by Gasteiger charge is -2.11. The minimum absolute atomic E-state index is 0.0786. The normalized spacial score (nSPS) is 11.3. The topological polar surface area (TPSA) is 84.5 Å². The molecular formula is C16H26N2O4S. The van der Waals surface area contributed by atoms with Crippen LogP contribution in [0.5, 0.6) is 5.75 Å². The maximum Gasteiger partial charge on any atom is 0.257 e. The first-order valence-electron chi connectivity index (χ1n) is 7.90. The number of aryl methyl sites for hydroxylation is 1. The fraction of sp³-hybridized carbons (Fsp3) is 0.562.